The molecule has 0 spiro atoms. The fourth-order valence-electron chi connectivity index (χ4n) is 0.485. The van der Waals surface area contributed by atoms with Gasteiger partial charge in [-0.2, -0.15) is 4.37 Å². The number of rotatable bonds is 1. The number of aryl methyl sites for hydroxylation is 1. The third-order valence-electron chi connectivity index (χ3n) is 0.916. The van der Waals surface area contributed by atoms with Crippen molar-refractivity contribution in [2.75, 3.05) is 0 Å². The van der Waals surface area contributed by atoms with E-state index in [0.29, 0.717) is 0 Å². The van der Waals surface area contributed by atoms with Gasteiger partial charge in [-0.15, -0.1) is 0 Å². The molecule has 0 N–H and O–H groups in total. The van der Waals surface area contributed by atoms with Crippen LogP contribution >= 0.6 is 23.1 Å². The van der Waals surface area contributed by atoms with Gasteiger partial charge in [-0.05, 0) is 18.0 Å². The van der Waals surface area contributed by atoms with E-state index in [4.69, 9.17) is 11.6 Å². The molecule has 0 saturated carbocycles. The number of hydrogen-bond donors (Lipinski definition) is 0. The van der Waals surface area contributed by atoms with Crippen LogP contribution in [0.1, 0.15) is 11.8 Å². The average Bonchev–Trinajstić information content (AvgIpc) is 2.14. The van der Waals surface area contributed by atoms with E-state index in [2.05, 4.69) is 11.3 Å². The molecule has 0 amide bonds. The fraction of sp³-hybridized carbons (Fsp3) is 0.400. The molecule has 1 aromatic rings. The summed E-state index contributed by atoms with van der Waals surface area (Å²) in [5.41, 5.74) is 0. The van der Waals surface area contributed by atoms with Crippen LogP contribution in [0.3, 0.4) is 0 Å². The fourth-order valence-corrected chi connectivity index (χ4v) is 1.38. The molecule has 1 aromatic heterocycles. The molecule has 0 atom stereocenters. The van der Waals surface area contributed by atoms with E-state index in [1.807, 2.05) is 0 Å². The Balaban J connectivity index is 2.92. The largest absolute Gasteiger partial charge is 0.199 e. The first kappa shape index (κ1) is 6.05. The molecule has 1 nitrogen and oxygen atoms in total. The first-order valence-corrected chi connectivity index (χ1v) is 3.58. The molecule has 0 fully saturated rings. The van der Waals surface area contributed by atoms with Crippen molar-refractivity contribution in [2.45, 2.75) is 13.3 Å². The van der Waals surface area contributed by atoms with Crippen LogP contribution in [0.4, 0.5) is 0 Å². The third kappa shape index (κ3) is 1.01. The van der Waals surface area contributed by atoms with Gasteiger partial charge in [0.05, 0.1) is 11.2 Å². The second-order valence-electron chi connectivity index (χ2n) is 1.45. The van der Waals surface area contributed by atoms with Crippen molar-refractivity contribution in [3.05, 3.63) is 16.1 Å². The van der Waals surface area contributed by atoms with Crippen LogP contribution in [0.25, 0.3) is 0 Å². The summed E-state index contributed by atoms with van der Waals surface area (Å²) in [7, 11) is 0. The Bertz CT molecular complexity index is 173. The molecule has 0 saturated heterocycles. The Hall–Kier alpha value is -0.0800. The minimum atomic E-state index is 0.803. The summed E-state index contributed by atoms with van der Waals surface area (Å²) >= 11 is 7.16. The minimum Gasteiger partial charge on any atom is -0.199 e. The summed E-state index contributed by atoms with van der Waals surface area (Å²) < 4.78 is 3.90. The Kier molecular flexibility index (Phi) is 1.86. The molecule has 0 radical (unpaired) electrons. The predicted octanol–water partition coefficient (Wildman–Crippen LogP) is 2.36. The van der Waals surface area contributed by atoms with E-state index >= 15 is 0 Å². The predicted molar refractivity (Wildman–Crippen MR) is 36.5 cm³/mol. The van der Waals surface area contributed by atoms with Gasteiger partial charge >= 0.3 is 0 Å². The average molecular weight is 148 g/mol. The topological polar surface area (TPSA) is 12.9 Å². The van der Waals surface area contributed by atoms with Gasteiger partial charge in [-0.1, -0.05) is 18.5 Å². The van der Waals surface area contributed by atoms with Gasteiger partial charge in [0.15, 0.2) is 0 Å². The van der Waals surface area contributed by atoms with Crippen LogP contribution < -0.4 is 0 Å². The minimum absolute atomic E-state index is 0.803. The van der Waals surface area contributed by atoms with Gasteiger partial charge in [-0.25, -0.2) is 0 Å². The SMILES string of the molecule is CCc1sncc1Cl. The van der Waals surface area contributed by atoms with Crippen LogP contribution in [0.5, 0.6) is 0 Å². The summed E-state index contributed by atoms with van der Waals surface area (Å²) in [6.07, 6.45) is 2.68. The van der Waals surface area contributed by atoms with E-state index in [9.17, 15) is 0 Å². The van der Waals surface area contributed by atoms with E-state index < -0.39 is 0 Å². The second kappa shape index (κ2) is 2.46. The van der Waals surface area contributed by atoms with Crippen LogP contribution in [-0.4, -0.2) is 4.37 Å². The lowest BCUT2D eigenvalue weighted by Crippen LogP contribution is -1.67. The zero-order valence-electron chi connectivity index (χ0n) is 4.52. The molecule has 1 rings (SSSR count). The zero-order valence-corrected chi connectivity index (χ0v) is 6.09. The lowest BCUT2D eigenvalue weighted by Gasteiger charge is -1.83. The summed E-state index contributed by atoms with van der Waals surface area (Å²) in [5, 5.41) is 0.803. The lowest BCUT2D eigenvalue weighted by atomic mass is 10.4. The van der Waals surface area contributed by atoms with Crippen LogP contribution in [0.15, 0.2) is 6.20 Å². The van der Waals surface area contributed by atoms with Crippen molar-refractivity contribution in [1.29, 1.82) is 0 Å². The summed E-state index contributed by atoms with van der Waals surface area (Å²) in [6.45, 7) is 2.07. The molecular formula is C5H6ClNS. The lowest BCUT2D eigenvalue weighted by molar-refractivity contribution is 1.19. The quantitative estimate of drug-likeness (QED) is 0.595. The number of halogens is 1. The first-order chi connectivity index (χ1) is 3.84. The zero-order chi connectivity index (χ0) is 5.98. The van der Waals surface area contributed by atoms with Crippen LogP contribution in [-0.2, 0) is 6.42 Å². The molecule has 3 heteroatoms. The Labute approximate surface area is 57.5 Å². The summed E-state index contributed by atoms with van der Waals surface area (Å²) in [5.74, 6) is 0. The number of aromatic nitrogens is 1. The van der Waals surface area contributed by atoms with E-state index in [0.717, 1.165) is 11.4 Å². The number of hydrogen-bond acceptors (Lipinski definition) is 2. The maximum absolute atomic E-state index is 5.69. The Morgan fingerprint density at radius 3 is 2.88 bits per heavy atom. The normalized spacial score (nSPS) is 9.75. The highest BCUT2D eigenvalue weighted by Crippen LogP contribution is 2.18. The second-order valence-corrected chi connectivity index (χ2v) is 2.74. The van der Waals surface area contributed by atoms with Gasteiger partial charge < -0.3 is 0 Å². The van der Waals surface area contributed by atoms with Gasteiger partial charge in [0.2, 0.25) is 0 Å². The molecule has 44 valence electrons. The first-order valence-electron chi connectivity index (χ1n) is 2.43. The molecule has 0 aliphatic rings. The standard InChI is InChI=1S/C5H6ClNS/c1-2-5-4(6)3-7-8-5/h3H,2H2,1H3. The van der Waals surface area contributed by atoms with Gasteiger partial charge in [0.25, 0.3) is 0 Å². The maximum Gasteiger partial charge on any atom is 0.0745 e. The van der Waals surface area contributed by atoms with E-state index in [1.165, 1.54) is 16.4 Å². The summed E-state index contributed by atoms with van der Waals surface area (Å²) in [4.78, 5) is 1.17. The van der Waals surface area contributed by atoms with Crippen molar-refractivity contribution in [3.8, 4) is 0 Å². The van der Waals surface area contributed by atoms with Crippen molar-refractivity contribution >= 4 is 23.1 Å². The van der Waals surface area contributed by atoms with Crippen molar-refractivity contribution in [2.24, 2.45) is 0 Å². The molecule has 8 heavy (non-hydrogen) atoms. The van der Waals surface area contributed by atoms with Crippen molar-refractivity contribution in [1.82, 2.24) is 4.37 Å². The van der Waals surface area contributed by atoms with Crippen LogP contribution in [0.2, 0.25) is 5.02 Å². The molecule has 0 aromatic carbocycles. The molecule has 0 unspecified atom stereocenters. The molecule has 0 aliphatic heterocycles. The summed E-state index contributed by atoms with van der Waals surface area (Å²) in [6, 6.07) is 0. The smallest absolute Gasteiger partial charge is 0.0745 e. The molecule has 0 aliphatic carbocycles. The highest BCUT2D eigenvalue weighted by molar-refractivity contribution is 7.06. The van der Waals surface area contributed by atoms with Crippen molar-refractivity contribution < 1.29 is 0 Å². The number of nitrogens with zero attached hydrogens (tertiary/aromatic N) is 1. The van der Waals surface area contributed by atoms with E-state index in [1.54, 1.807) is 6.20 Å². The molecular weight excluding hydrogens is 142 g/mol. The van der Waals surface area contributed by atoms with E-state index in [-0.39, 0.29) is 0 Å². The van der Waals surface area contributed by atoms with Crippen LogP contribution in [0, 0.1) is 0 Å². The van der Waals surface area contributed by atoms with Crippen molar-refractivity contribution in [3.63, 3.8) is 0 Å². The van der Waals surface area contributed by atoms with Gasteiger partial charge in [0.1, 0.15) is 0 Å². The monoisotopic (exact) mass is 147 g/mol. The third-order valence-corrected chi connectivity index (χ3v) is 2.29. The Morgan fingerprint density at radius 2 is 2.62 bits per heavy atom. The molecule has 1 heterocycles. The van der Waals surface area contributed by atoms with Gasteiger partial charge in [0, 0.05) is 4.88 Å². The molecule has 0 bridgehead atoms. The maximum atomic E-state index is 5.69. The highest BCUT2D eigenvalue weighted by atomic mass is 35.5. The Morgan fingerprint density at radius 1 is 1.88 bits per heavy atom. The van der Waals surface area contributed by atoms with Gasteiger partial charge in [-0.3, -0.25) is 0 Å². The highest BCUT2D eigenvalue weighted by Gasteiger charge is 1.96.